The maximum atomic E-state index is 12.5. The van der Waals surface area contributed by atoms with Crippen LogP contribution in [0.25, 0.3) is 0 Å². The van der Waals surface area contributed by atoms with Crippen molar-refractivity contribution >= 4 is 11.7 Å². The van der Waals surface area contributed by atoms with Gasteiger partial charge in [0.1, 0.15) is 35.3 Å². The van der Waals surface area contributed by atoms with Crippen LogP contribution in [0, 0.1) is 12.8 Å². The standard InChI is InChI=1S/C37H56N2O7/c1-9-37(33(43)31(41)32(42)36(6,46-37)35(4,5)45)29-18-13-24(2)28(23-29)22-27-16-14-26(15-17-27)11-10-12-30(40)21-25(3)34(44)38-19-20-39(7)8/h13-18,23,25,31-33,41-43,45H,9-12,19-22H2,1-8H3,(H,38,44)/t25-,31-,32-,33+,36-,37-/m0/s1. The Balaban J connectivity index is 1.65. The monoisotopic (exact) mass is 640 g/mol. The van der Waals surface area contributed by atoms with Gasteiger partial charge in [-0.2, -0.15) is 0 Å². The highest BCUT2D eigenvalue weighted by Crippen LogP contribution is 2.48. The number of ketones is 1. The van der Waals surface area contributed by atoms with E-state index in [1.807, 2.05) is 51.0 Å². The van der Waals surface area contributed by atoms with Gasteiger partial charge < -0.3 is 35.4 Å². The summed E-state index contributed by atoms with van der Waals surface area (Å²) in [7, 11) is 3.90. The molecule has 2 aromatic rings. The summed E-state index contributed by atoms with van der Waals surface area (Å²) in [6, 6.07) is 14.1. The van der Waals surface area contributed by atoms with Gasteiger partial charge in [0.15, 0.2) is 0 Å². The van der Waals surface area contributed by atoms with Crippen LogP contribution in [0.3, 0.4) is 0 Å². The van der Waals surface area contributed by atoms with Crippen molar-refractivity contribution in [3.8, 4) is 0 Å². The molecule has 46 heavy (non-hydrogen) atoms. The van der Waals surface area contributed by atoms with E-state index in [2.05, 4.69) is 29.6 Å². The third-order valence-corrected chi connectivity index (χ3v) is 9.84. The Morgan fingerprint density at radius 3 is 2.26 bits per heavy atom. The Kier molecular flexibility index (Phi) is 12.7. The van der Waals surface area contributed by atoms with Gasteiger partial charge in [-0.25, -0.2) is 0 Å². The molecule has 5 N–H and O–H groups in total. The number of nitrogens with one attached hydrogen (secondary N) is 1. The number of Topliss-reactive ketones (excluding diaryl/α,β-unsaturated/α-hetero) is 1. The van der Waals surface area contributed by atoms with Crippen molar-refractivity contribution in [1.82, 2.24) is 10.2 Å². The second kappa shape index (κ2) is 15.5. The molecule has 1 fully saturated rings. The van der Waals surface area contributed by atoms with Crippen molar-refractivity contribution in [2.24, 2.45) is 5.92 Å². The first kappa shape index (κ1) is 37.8. The fraction of sp³-hybridized carbons (Fsp3) is 0.622. The maximum absolute atomic E-state index is 12.5. The molecule has 1 aliphatic heterocycles. The molecule has 1 aliphatic rings. The van der Waals surface area contributed by atoms with Crippen LogP contribution in [0.1, 0.15) is 88.1 Å². The molecule has 9 nitrogen and oxygen atoms in total. The summed E-state index contributed by atoms with van der Waals surface area (Å²) in [6.07, 6.45) is -1.28. The third-order valence-electron chi connectivity index (χ3n) is 9.84. The van der Waals surface area contributed by atoms with Gasteiger partial charge in [0.25, 0.3) is 0 Å². The minimum absolute atomic E-state index is 0.0807. The van der Waals surface area contributed by atoms with E-state index < -0.39 is 35.1 Å². The molecule has 1 amide bonds. The normalized spacial score (nSPS) is 25.8. The van der Waals surface area contributed by atoms with Crippen molar-refractivity contribution in [1.29, 1.82) is 0 Å². The number of aliphatic hydroxyl groups excluding tert-OH is 3. The largest absolute Gasteiger partial charge is 0.387 e. The summed E-state index contributed by atoms with van der Waals surface area (Å²) in [4.78, 5) is 26.7. The number of hydrogen-bond acceptors (Lipinski definition) is 8. The van der Waals surface area contributed by atoms with Gasteiger partial charge in [0, 0.05) is 31.8 Å². The Hall–Kier alpha value is -2.66. The van der Waals surface area contributed by atoms with Crippen molar-refractivity contribution in [2.45, 2.75) is 115 Å². The van der Waals surface area contributed by atoms with Crippen molar-refractivity contribution in [3.63, 3.8) is 0 Å². The van der Waals surface area contributed by atoms with Gasteiger partial charge in [-0.3, -0.25) is 9.59 Å². The van der Waals surface area contributed by atoms with Crippen LogP contribution in [0.5, 0.6) is 0 Å². The highest BCUT2D eigenvalue weighted by atomic mass is 16.6. The number of rotatable bonds is 15. The third kappa shape index (κ3) is 8.62. The highest BCUT2D eigenvalue weighted by molar-refractivity contribution is 5.86. The summed E-state index contributed by atoms with van der Waals surface area (Å²) in [5, 5.41) is 46.8. The molecule has 9 heteroatoms. The molecule has 6 atom stereocenters. The number of hydrogen-bond donors (Lipinski definition) is 5. The molecule has 256 valence electrons. The first-order chi connectivity index (χ1) is 21.4. The lowest BCUT2D eigenvalue weighted by Gasteiger charge is -2.57. The number of nitrogens with zero attached hydrogens (tertiary/aromatic N) is 1. The van der Waals surface area contributed by atoms with Gasteiger partial charge in [-0.1, -0.05) is 56.3 Å². The predicted molar refractivity (Wildman–Crippen MR) is 179 cm³/mol. The fourth-order valence-corrected chi connectivity index (χ4v) is 6.25. The minimum atomic E-state index is -1.54. The number of likely N-dealkylation sites (N-methyl/N-ethyl adjacent to an activating group) is 1. The molecule has 0 aliphatic carbocycles. The molecule has 0 spiro atoms. The molecule has 1 heterocycles. The number of aliphatic hydroxyl groups is 4. The molecule has 0 bridgehead atoms. The number of ether oxygens (including phenoxy) is 1. The molecule has 0 saturated carbocycles. The Morgan fingerprint density at radius 1 is 1.04 bits per heavy atom. The van der Waals surface area contributed by atoms with E-state index in [1.54, 1.807) is 13.8 Å². The Bertz CT molecular complexity index is 1320. The summed E-state index contributed by atoms with van der Waals surface area (Å²) >= 11 is 0. The van der Waals surface area contributed by atoms with Crippen molar-refractivity contribution in [3.05, 3.63) is 70.3 Å². The van der Waals surface area contributed by atoms with Gasteiger partial charge >= 0.3 is 0 Å². The average Bonchev–Trinajstić information content (AvgIpc) is 2.99. The van der Waals surface area contributed by atoms with Gasteiger partial charge in [-0.05, 0) is 95.3 Å². The van der Waals surface area contributed by atoms with Gasteiger partial charge in [-0.15, -0.1) is 0 Å². The second-order valence-electron chi connectivity index (χ2n) is 14.1. The van der Waals surface area contributed by atoms with E-state index in [-0.39, 0.29) is 24.0 Å². The van der Waals surface area contributed by atoms with Gasteiger partial charge in [0.2, 0.25) is 5.91 Å². The van der Waals surface area contributed by atoms with Crippen LogP contribution >= 0.6 is 0 Å². The lowest BCUT2D eigenvalue weighted by atomic mass is 9.70. The highest BCUT2D eigenvalue weighted by Gasteiger charge is 2.62. The average molecular weight is 641 g/mol. The van der Waals surface area contributed by atoms with E-state index in [9.17, 15) is 30.0 Å². The zero-order chi connectivity index (χ0) is 34.4. The fourth-order valence-electron chi connectivity index (χ4n) is 6.25. The van der Waals surface area contributed by atoms with Crippen LogP contribution in [-0.4, -0.2) is 93.7 Å². The predicted octanol–water partition coefficient (Wildman–Crippen LogP) is 3.43. The first-order valence-corrected chi connectivity index (χ1v) is 16.5. The number of aryl methyl sites for hydroxylation is 2. The summed E-state index contributed by atoms with van der Waals surface area (Å²) in [5.74, 6) is -0.314. The minimum Gasteiger partial charge on any atom is -0.387 e. The molecule has 1 saturated heterocycles. The van der Waals surface area contributed by atoms with Crippen molar-refractivity contribution in [2.75, 3.05) is 27.2 Å². The van der Waals surface area contributed by atoms with Crippen LogP contribution in [0.2, 0.25) is 0 Å². The zero-order valence-electron chi connectivity index (χ0n) is 29.0. The summed E-state index contributed by atoms with van der Waals surface area (Å²) in [6.45, 7) is 11.6. The van der Waals surface area contributed by atoms with E-state index >= 15 is 0 Å². The number of benzene rings is 2. The van der Waals surface area contributed by atoms with Crippen LogP contribution in [-0.2, 0) is 32.8 Å². The Morgan fingerprint density at radius 2 is 1.67 bits per heavy atom. The SMILES string of the molecule is CC[C@@]1(c2ccc(C)c(Cc3ccc(CCCC(=O)C[C@H](C)C(=O)NCCN(C)C)cc3)c2)O[C@](C)(C(C)(C)O)[C@@H](O)[C@H](O)[C@H]1O. The van der Waals surface area contributed by atoms with Crippen molar-refractivity contribution < 1.29 is 34.8 Å². The maximum Gasteiger partial charge on any atom is 0.223 e. The van der Waals surface area contributed by atoms with Crippen LogP contribution in [0.4, 0.5) is 0 Å². The molecule has 3 rings (SSSR count). The van der Waals surface area contributed by atoms with E-state index in [1.165, 1.54) is 13.8 Å². The molecule has 0 unspecified atom stereocenters. The molecule has 0 radical (unpaired) electrons. The van der Waals surface area contributed by atoms with E-state index in [0.717, 1.165) is 41.6 Å². The Labute approximate surface area is 275 Å². The molecule has 0 aromatic heterocycles. The molecule has 2 aromatic carbocycles. The topological polar surface area (TPSA) is 140 Å². The smallest absolute Gasteiger partial charge is 0.223 e. The molecular weight excluding hydrogens is 584 g/mol. The first-order valence-electron chi connectivity index (χ1n) is 16.5. The van der Waals surface area contributed by atoms with Gasteiger partial charge in [0.05, 0.1) is 5.60 Å². The van der Waals surface area contributed by atoms with Crippen LogP contribution < -0.4 is 5.32 Å². The second-order valence-corrected chi connectivity index (χ2v) is 14.1. The lowest BCUT2D eigenvalue weighted by Crippen LogP contribution is -2.73. The number of amides is 1. The summed E-state index contributed by atoms with van der Waals surface area (Å²) in [5.41, 5.74) is 0.624. The van der Waals surface area contributed by atoms with Crippen LogP contribution in [0.15, 0.2) is 42.5 Å². The molecular formula is C37H56N2O7. The summed E-state index contributed by atoms with van der Waals surface area (Å²) < 4.78 is 6.47. The van der Waals surface area contributed by atoms with E-state index in [0.29, 0.717) is 31.4 Å². The number of carbonyl (C=O) groups is 2. The number of carbonyl (C=O) groups excluding carboxylic acids is 2. The van der Waals surface area contributed by atoms with E-state index in [4.69, 9.17) is 4.74 Å². The quantitative estimate of drug-likeness (QED) is 0.200. The lowest BCUT2D eigenvalue weighted by molar-refractivity contribution is -0.346. The zero-order valence-corrected chi connectivity index (χ0v) is 29.0.